The summed E-state index contributed by atoms with van der Waals surface area (Å²) in [6.07, 6.45) is 7.93. The second-order valence-electron chi connectivity index (χ2n) is 6.85. The molecule has 1 N–H and O–H groups in total. The molecule has 1 aromatic rings. The molecule has 3 heterocycles. The van der Waals surface area contributed by atoms with Crippen LogP contribution >= 0.6 is 0 Å². The zero-order valence-corrected chi connectivity index (χ0v) is 12.7. The van der Waals surface area contributed by atoms with Gasteiger partial charge in [0.25, 0.3) is 0 Å². The Morgan fingerprint density at radius 1 is 1.10 bits per heavy atom. The Morgan fingerprint density at radius 3 is 2.52 bits per heavy atom. The summed E-state index contributed by atoms with van der Waals surface area (Å²) in [5.74, 6) is 1.84. The van der Waals surface area contributed by atoms with E-state index in [4.69, 9.17) is 0 Å². The van der Waals surface area contributed by atoms with Crippen LogP contribution in [0.15, 0.2) is 18.5 Å². The molecule has 114 valence electrons. The molecule has 2 aliphatic heterocycles. The summed E-state index contributed by atoms with van der Waals surface area (Å²) < 4.78 is 0. The molecule has 1 unspecified atom stereocenters. The van der Waals surface area contributed by atoms with Crippen LogP contribution < -0.4 is 10.2 Å². The van der Waals surface area contributed by atoms with Crippen LogP contribution in [0.25, 0.3) is 0 Å². The summed E-state index contributed by atoms with van der Waals surface area (Å²) >= 11 is 0. The Labute approximate surface area is 126 Å². The van der Waals surface area contributed by atoms with Gasteiger partial charge in [-0.1, -0.05) is 0 Å². The highest BCUT2D eigenvalue weighted by molar-refractivity contribution is 5.29. The summed E-state index contributed by atoms with van der Waals surface area (Å²) in [5, 5.41) is 3.49. The molecule has 3 aliphatic rings. The maximum Gasteiger partial charge on any atom is 0.225 e. The van der Waals surface area contributed by atoms with Crippen LogP contribution in [-0.2, 0) is 0 Å². The van der Waals surface area contributed by atoms with E-state index in [2.05, 4.69) is 25.1 Å². The van der Waals surface area contributed by atoms with E-state index in [1.54, 1.807) is 0 Å². The van der Waals surface area contributed by atoms with Crippen molar-refractivity contribution in [2.24, 2.45) is 11.3 Å². The molecular weight excluding hydrogens is 262 g/mol. The first-order chi connectivity index (χ1) is 10.4. The minimum Gasteiger partial charge on any atom is -0.338 e. The van der Waals surface area contributed by atoms with Crippen molar-refractivity contribution in [3.63, 3.8) is 0 Å². The van der Waals surface area contributed by atoms with E-state index in [9.17, 15) is 0 Å². The number of piperazine rings is 1. The molecule has 2 saturated heterocycles. The average molecular weight is 287 g/mol. The van der Waals surface area contributed by atoms with Gasteiger partial charge < -0.3 is 10.2 Å². The van der Waals surface area contributed by atoms with E-state index in [1.165, 1.54) is 38.9 Å². The number of hydrogen-bond acceptors (Lipinski definition) is 5. The second-order valence-corrected chi connectivity index (χ2v) is 6.85. The minimum atomic E-state index is 0.713. The van der Waals surface area contributed by atoms with Crippen molar-refractivity contribution in [1.82, 2.24) is 20.2 Å². The molecule has 0 aromatic carbocycles. The lowest BCUT2D eigenvalue weighted by Gasteiger charge is -2.35. The lowest BCUT2D eigenvalue weighted by atomic mass is 9.92. The zero-order valence-electron chi connectivity index (χ0n) is 12.7. The van der Waals surface area contributed by atoms with Crippen LogP contribution in [-0.4, -0.2) is 60.7 Å². The van der Waals surface area contributed by atoms with E-state index >= 15 is 0 Å². The van der Waals surface area contributed by atoms with Crippen LogP contribution in [0.4, 0.5) is 5.95 Å². The van der Waals surface area contributed by atoms with Gasteiger partial charge in [-0.25, -0.2) is 9.97 Å². The number of hydrogen-bond donors (Lipinski definition) is 1. The highest BCUT2D eigenvalue weighted by Gasteiger charge is 2.53. The monoisotopic (exact) mass is 287 g/mol. The van der Waals surface area contributed by atoms with Crippen LogP contribution in [0.1, 0.15) is 19.3 Å². The van der Waals surface area contributed by atoms with Gasteiger partial charge >= 0.3 is 0 Å². The molecule has 0 bridgehead atoms. The van der Waals surface area contributed by atoms with E-state index in [0.717, 1.165) is 38.0 Å². The van der Waals surface area contributed by atoms with E-state index in [1.807, 2.05) is 18.5 Å². The lowest BCUT2D eigenvalue weighted by Crippen LogP contribution is -2.48. The van der Waals surface area contributed by atoms with Gasteiger partial charge in [0.05, 0.1) is 0 Å². The fourth-order valence-electron chi connectivity index (χ4n) is 4.12. The van der Waals surface area contributed by atoms with Crippen LogP contribution in [0.2, 0.25) is 0 Å². The van der Waals surface area contributed by atoms with Gasteiger partial charge in [-0.05, 0) is 49.8 Å². The molecular formula is C16H25N5. The highest BCUT2D eigenvalue weighted by atomic mass is 15.3. The van der Waals surface area contributed by atoms with Crippen molar-refractivity contribution in [2.75, 3.05) is 50.7 Å². The van der Waals surface area contributed by atoms with Gasteiger partial charge in [-0.15, -0.1) is 0 Å². The molecule has 0 radical (unpaired) electrons. The number of piperidine rings is 1. The van der Waals surface area contributed by atoms with Crippen molar-refractivity contribution < 1.29 is 0 Å². The summed E-state index contributed by atoms with van der Waals surface area (Å²) in [6, 6.07) is 1.88. The second kappa shape index (κ2) is 5.54. The largest absolute Gasteiger partial charge is 0.338 e. The molecule has 1 saturated carbocycles. The predicted octanol–water partition coefficient (Wildman–Crippen LogP) is 0.988. The van der Waals surface area contributed by atoms with Gasteiger partial charge in [0, 0.05) is 45.1 Å². The third-order valence-corrected chi connectivity index (χ3v) is 5.64. The van der Waals surface area contributed by atoms with Crippen molar-refractivity contribution in [3.8, 4) is 0 Å². The first kappa shape index (κ1) is 13.5. The molecule has 1 atom stereocenters. The summed E-state index contributed by atoms with van der Waals surface area (Å²) in [5.41, 5.74) is 0.713. The standard InChI is InChI=1S/C16H25N5/c1-4-18-15(19-5-1)21-10-8-20(9-11-21)13-14-12-16(14)2-6-17-7-3-16/h1,4-5,14,17H,2-3,6-13H2. The first-order valence-electron chi connectivity index (χ1n) is 8.31. The van der Waals surface area contributed by atoms with Gasteiger partial charge in [-0.3, -0.25) is 4.90 Å². The third kappa shape index (κ3) is 2.77. The summed E-state index contributed by atoms with van der Waals surface area (Å²) in [7, 11) is 0. The Kier molecular flexibility index (Phi) is 3.55. The quantitative estimate of drug-likeness (QED) is 0.898. The smallest absolute Gasteiger partial charge is 0.225 e. The fraction of sp³-hybridized carbons (Fsp3) is 0.750. The van der Waals surface area contributed by atoms with Gasteiger partial charge in [0.2, 0.25) is 5.95 Å². The molecule has 4 rings (SSSR count). The van der Waals surface area contributed by atoms with Crippen molar-refractivity contribution in [3.05, 3.63) is 18.5 Å². The molecule has 1 spiro atoms. The first-order valence-corrected chi connectivity index (χ1v) is 8.31. The SMILES string of the molecule is c1cnc(N2CCN(CC3CC34CCNCC4)CC2)nc1. The van der Waals surface area contributed by atoms with Crippen LogP contribution in [0, 0.1) is 11.3 Å². The molecule has 0 amide bonds. The van der Waals surface area contributed by atoms with E-state index in [0.29, 0.717) is 5.41 Å². The molecule has 3 fully saturated rings. The number of anilines is 1. The number of nitrogens with one attached hydrogen (secondary N) is 1. The molecule has 5 heteroatoms. The van der Waals surface area contributed by atoms with Crippen molar-refractivity contribution >= 4 is 5.95 Å². The summed E-state index contributed by atoms with van der Waals surface area (Å²) in [6.45, 7) is 8.21. The van der Waals surface area contributed by atoms with E-state index < -0.39 is 0 Å². The van der Waals surface area contributed by atoms with Crippen LogP contribution in [0.5, 0.6) is 0 Å². The molecule has 1 aliphatic carbocycles. The topological polar surface area (TPSA) is 44.3 Å². The maximum atomic E-state index is 4.36. The Balaban J connectivity index is 1.27. The van der Waals surface area contributed by atoms with Gasteiger partial charge in [0.1, 0.15) is 0 Å². The number of nitrogens with zero attached hydrogens (tertiary/aromatic N) is 4. The Bertz CT molecular complexity index is 463. The lowest BCUT2D eigenvalue weighted by molar-refractivity contribution is 0.218. The van der Waals surface area contributed by atoms with Gasteiger partial charge in [0.15, 0.2) is 0 Å². The van der Waals surface area contributed by atoms with E-state index in [-0.39, 0.29) is 0 Å². The zero-order chi connectivity index (χ0) is 14.1. The fourth-order valence-corrected chi connectivity index (χ4v) is 4.12. The Morgan fingerprint density at radius 2 is 1.81 bits per heavy atom. The number of rotatable bonds is 3. The number of aromatic nitrogens is 2. The Hall–Kier alpha value is -1.20. The average Bonchev–Trinajstić information content (AvgIpc) is 3.20. The van der Waals surface area contributed by atoms with Crippen molar-refractivity contribution in [1.29, 1.82) is 0 Å². The van der Waals surface area contributed by atoms with Crippen LogP contribution in [0.3, 0.4) is 0 Å². The summed E-state index contributed by atoms with van der Waals surface area (Å²) in [4.78, 5) is 13.7. The third-order valence-electron chi connectivity index (χ3n) is 5.64. The van der Waals surface area contributed by atoms with Gasteiger partial charge in [-0.2, -0.15) is 0 Å². The predicted molar refractivity (Wildman–Crippen MR) is 83.3 cm³/mol. The molecule has 5 nitrogen and oxygen atoms in total. The highest BCUT2D eigenvalue weighted by Crippen LogP contribution is 2.58. The maximum absolute atomic E-state index is 4.36. The minimum absolute atomic E-state index is 0.713. The van der Waals surface area contributed by atoms with Crippen molar-refractivity contribution in [2.45, 2.75) is 19.3 Å². The molecule has 1 aromatic heterocycles. The normalized spacial score (nSPS) is 28.8. The molecule has 21 heavy (non-hydrogen) atoms.